The molecule has 3 aromatic carbocycles. The molecule has 0 aromatic heterocycles. The maximum atomic E-state index is 12.8. The van der Waals surface area contributed by atoms with E-state index in [1.165, 1.54) is 38.4 Å². The summed E-state index contributed by atoms with van der Waals surface area (Å²) in [5, 5.41) is 5.54. The zero-order valence-corrected chi connectivity index (χ0v) is 18.0. The molecule has 0 atom stereocenters. The average molecular weight is 438 g/mol. The number of nitrogens with zero attached hydrogens (tertiary/aromatic N) is 1. The van der Waals surface area contributed by atoms with E-state index in [-0.39, 0.29) is 16.4 Å². The molecule has 0 fully saturated rings. The van der Waals surface area contributed by atoms with Gasteiger partial charge in [0.15, 0.2) is 0 Å². The predicted molar refractivity (Wildman–Crippen MR) is 119 cm³/mol. The Hall–Kier alpha value is -3.49. The number of hydrogen-bond donors (Lipinski definition) is 2. The highest BCUT2D eigenvalue weighted by molar-refractivity contribution is 7.89. The third-order valence-electron chi connectivity index (χ3n) is 4.59. The van der Waals surface area contributed by atoms with E-state index in [1.807, 2.05) is 30.3 Å². The van der Waals surface area contributed by atoms with Crippen LogP contribution in [-0.4, -0.2) is 38.6 Å². The fourth-order valence-corrected chi connectivity index (χ4v) is 3.81. The number of carbonyl (C=O) groups is 2. The molecule has 0 heterocycles. The lowest BCUT2D eigenvalue weighted by Crippen LogP contribution is -2.25. The number of amides is 2. The van der Waals surface area contributed by atoms with Crippen molar-refractivity contribution in [3.63, 3.8) is 0 Å². The molecule has 0 unspecified atom stereocenters. The fourth-order valence-electron chi connectivity index (χ4n) is 2.87. The number of carbonyl (C=O) groups excluding carboxylic acids is 2. The van der Waals surface area contributed by atoms with Gasteiger partial charge in [0.25, 0.3) is 11.8 Å². The Morgan fingerprint density at radius 3 is 2.23 bits per heavy atom. The van der Waals surface area contributed by atoms with Gasteiger partial charge in [0.05, 0.1) is 16.1 Å². The smallest absolute Gasteiger partial charge is 0.255 e. The molecule has 0 bridgehead atoms. The Labute approximate surface area is 181 Å². The molecule has 31 heavy (non-hydrogen) atoms. The summed E-state index contributed by atoms with van der Waals surface area (Å²) in [7, 11) is -0.826. The van der Waals surface area contributed by atoms with Crippen LogP contribution in [0.5, 0.6) is 0 Å². The summed E-state index contributed by atoms with van der Waals surface area (Å²) >= 11 is 0. The van der Waals surface area contributed by atoms with Crippen molar-refractivity contribution in [3.8, 4) is 0 Å². The Kier molecular flexibility index (Phi) is 6.84. The Balaban J connectivity index is 1.78. The molecule has 2 N–H and O–H groups in total. The maximum Gasteiger partial charge on any atom is 0.255 e. The van der Waals surface area contributed by atoms with Crippen LogP contribution in [0.1, 0.15) is 26.3 Å². The fraction of sp³-hybridized carbons (Fsp3) is 0.130. The third-order valence-corrected chi connectivity index (χ3v) is 6.40. The minimum absolute atomic E-state index is 0.0130. The lowest BCUT2D eigenvalue weighted by Gasteiger charge is -2.13. The minimum Gasteiger partial charge on any atom is -0.348 e. The molecule has 0 aliphatic carbocycles. The van der Waals surface area contributed by atoms with E-state index in [1.54, 1.807) is 24.3 Å². The van der Waals surface area contributed by atoms with Crippen LogP contribution in [0.2, 0.25) is 0 Å². The molecular weight excluding hydrogens is 414 g/mol. The largest absolute Gasteiger partial charge is 0.348 e. The van der Waals surface area contributed by atoms with E-state index in [4.69, 9.17) is 0 Å². The van der Waals surface area contributed by atoms with Crippen LogP contribution in [0, 0.1) is 0 Å². The van der Waals surface area contributed by atoms with Crippen LogP contribution in [0.4, 0.5) is 5.69 Å². The van der Waals surface area contributed by atoms with Gasteiger partial charge in [-0.2, -0.15) is 0 Å². The zero-order chi connectivity index (χ0) is 22.4. The van der Waals surface area contributed by atoms with Crippen molar-refractivity contribution >= 4 is 27.5 Å². The van der Waals surface area contributed by atoms with Gasteiger partial charge < -0.3 is 10.6 Å². The van der Waals surface area contributed by atoms with Gasteiger partial charge in [-0.15, -0.1) is 0 Å². The average Bonchev–Trinajstić information content (AvgIpc) is 2.78. The van der Waals surface area contributed by atoms with Gasteiger partial charge in [-0.25, -0.2) is 12.7 Å². The van der Waals surface area contributed by atoms with Crippen molar-refractivity contribution in [1.82, 2.24) is 9.62 Å². The molecule has 0 saturated heterocycles. The standard InChI is InChI=1S/C23H23N3O4S/c1-26(2)31(29,30)19-12-8-11-18(15-19)22(27)25-21-14-7-6-13-20(21)23(28)24-16-17-9-4-3-5-10-17/h3-15H,16H2,1-2H3,(H,24,28)(H,25,27). The molecule has 0 saturated carbocycles. The summed E-state index contributed by atoms with van der Waals surface area (Å²) in [6.07, 6.45) is 0. The molecule has 7 nitrogen and oxygen atoms in total. The highest BCUT2D eigenvalue weighted by Gasteiger charge is 2.19. The van der Waals surface area contributed by atoms with E-state index in [0.717, 1.165) is 9.87 Å². The van der Waals surface area contributed by atoms with Crippen molar-refractivity contribution in [1.29, 1.82) is 0 Å². The summed E-state index contributed by atoms with van der Waals surface area (Å²) in [6.45, 7) is 0.354. The summed E-state index contributed by atoms with van der Waals surface area (Å²) in [5.74, 6) is -0.845. The first kappa shape index (κ1) is 22.2. The summed E-state index contributed by atoms with van der Waals surface area (Å²) in [4.78, 5) is 25.4. The molecule has 2 amide bonds. The third kappa shape index (κ3) is 5.36. The van der Waals surface area contributed by atoms with Crippen molar-refractivity contribution in [2.24, 2.45) is 0 Å². The number of hydrogen-bond acceptors (Lipinski definition) is 4. The molecule has 3 aromatic rings. The minimum atomic E-state index is -3.67. The van der Waals surface area contributed by atoms with Gasteiger partial charge in [0.2, 0.25) is 10.0 Å². The van der Waals surface area contributed by atoms with Crippen LogP contribution >= 0.6 is 0 Å². The lowest BCUT2D eigenvalue weighted by atomic mass is 10.1. The number of nitrogens with one attached hydrogen (secondary N) is 2. The normalized spacial score (nSPS) is 11.2. The second-order valence-electron chi connectivity index (χ2n) is 6.98. The van der Waals surface area contributed by atoms with E-state index in [0.29, 0.717) is 17.8 Å². The molecule has 0 spiro atoms. The number of para-hydroxylation sites is 1. The lowest BCUT2D eigenvalue weighted by molar-refractivity contribution is 0.0951. The van der Waals surface area contributed by atoms with Crippen molar-refractivity contribution < 1.29 is 18.0 Å². The first-order chi connectivity index (χ1) is 14.8. The number of rotatable bonds is 7. The van der Waals surface area contributed by atoms with E-state index in [9.17, 15) is 18.0 Å². The molecule has 0 aliphatic rings. The van der Waals surface area contributed by atoms with Crippen LogP contribution < -0.4 is 10.6 Å². The second kappa shape index (κ2) is 9.55. The van der Waals surface area contributed by atoms with Crippen LogP contribution in [-0.2, 0) is 16.6 Å². The van der Waals surface area contributed by atoms with Gasteiger partial charge in [-0.3, -0.25) is 9.59 Å². The molecule has 0 aliphatic heterocycles. The van der Waals surface area contributed by atoms with E-state index >= 15 is 0 Å². The number of benzene rings is 3. The first-order valence-corrected chi connectivity index (χ1v) is 11.0. The topological polar surface area (TPSA) is 95.6 Å². The van der Waals surface area contributed by atoms with Crippen LogP contribution in [0.25, 0.3) is 0 Å². The molecule has 160 valence electrons. The summed E-state index contributed by atoms with van der Waals surface area (Å²) in [6, 6.07) is 21.9. The Morgan fingerprint density at radius 1 is 0.839 bits per heavy atom. The van der Waals surface area contributed by atoms with Gasteiger partial charge in [0.1, 0.15) is 0 Å². The van der Waals surface area contributed by atoms with Gasteiger partial charge in [-0.05, 0) is 35.9 Å². The van der Waals surface area contributed by atoms with Crippen molar-refractivity contribution in [2.45, 2.75) is 11.4 Å². The maximum absolute atomic E-state index is 12.8. The number of anilines is 1. The van der Waals surface area contributed by atoms with Crippen LogP contribution in [0.3, 0.4) is 0 Å². The van der Waals surface area contributed by atoms with E-state index < -0.39 is 15.9 Å². The van der Waals surface area contributed by atoms with Crippen molar-refractivity contribution in [2.75, 3.05) is 19.4 Å². The van der Waals surface area contributed by atoms with Gasteiger partial charge in [0, 0.05) is 26.2 Å². The first-order valence-electron chi connectivity index (χ1n) is 9.54. The SMILES string of the molecule is CN(C)S(=O)(=O)c1cccc(C(=O)Nc2ccccc2C(=O)NCc2ccccc2)c1. The summed E-state index contributed by atoms with van der Waals surface area (Å²) in [5.41, 5.74) is 1.77. The second-order valence-corrected chi connectivity index (χ2v) is 9.14. The monoisotopic (exact) mass is 437 g/mol. The van der Waals surface area contributed by atoms with Gasteiger partial charge >= 0.3 is 0 Å². The van der Waals surface area contributed by atoms with Crippen molar-refractivity contribution in [3.05, 3.63) is 95.6 Å². The quantitative estimate of drug-likeness (QED) is 0.594. The summed E-state index contributed by atoms with van der Waals surface area (Å²) < 4.78 is 25.8. The molecule has 0 radical (unpaired) electrons. The zero-order valence-electron chi connectivity index (χ0n) is 17.2. The molecule has 8 heteroatoms. The Bertz CT molecular complexity index is 1190. The predicted octanol–water partition coefficient (Wildman–Crippen LogP) is 3.12. The van der Waals surface area contributed by atoms with Gasteiger partial charge in [-0.1, -0.05) is 48.5 Å². The number of sulfonamides is 1. The molecule has 3 rings (SSSR count). The van der Waals surface area contributed by atoms with Crippen LogP contribution in [0.15, 0.2) is 83.8 Å². The highest BCUT2D eigenvalue weighted by atomic mass is 32.2. The highest BCUT2D eigenvalue weighted by Crippen LogP contribution is 2.19. The van der Waals surface area contributed by atoms with E-state index in [2.05, 4.69) is 10.6 Å². The molecular formula is C23H23N3O4S. The Morgan fingerprint density at radius 2 is 1.52 bits per heavy atom.